The highest BCUT2D eigenvalue weighted by atomic mass is 32.2. The average Bonchev–Trinajstić information content (AvgIpc) is 3.01. The molecule has 2 N–H and O–H groups in total. The highest BCUT2D eigenvalue weighted by molar-refractivity contribution is 7.98. The number of nitrogens with two attached hydrogens (primary N) is 1. The van der Waals surface area contributed by atoms with Gasteiger partial charge >= 0.3 is 6.18 Å². The van der Waals surface area contributed by atoms with Crippen molar-refractivity contribution >= 4 is 17.6 Å². The number of nitrogen functional groups attached to an aromatic ring is 1. The van der Waals surface area contributed by atoms with Crippen LogP contribution in [0.15, 0.2) is 39.9 Å². The van der Waals surface area contributed by atoms with Gasteiger partial charge in [-0.2, -0.15) is 13.2 Å². The number of thioether (sulfide) groups is 1. The standard InChI is InChI=1S/C14H9F4N5OS/c15-8-3-1-7(2-4-8)12-23-22-11(24-12)6-25-13-20-9(14(16,17)18)5-10(19)21-13/h1-5H,6H2,(H2,19,20,21). The van der Waals surface area contributed by atoms with Crippen molar-refractivity contribution < 1.29 is 22.0 Å². The van der Waals surface area contributed by atoms with Crippen LogP contribution in [0.2, 0.25) is 0 Å². The summed E-state index contributed by atoms with van der Waals surface area (Å²) in [6.07, 6.45) is -4.62. The van der Waals surface area contributed by atoms with Gasteiger partial charge in [-0.1, -0.05) is 11.8 Å². The van der Waals surface area contributed by atoms with E-state index in [4.69, 9.17) is 10.2 Å². The lowest BCUT2D eigenvalue weighted by Gasteiger charge is -2.07. The molecule has 25 heavy (non-hydrogen) atoms. The molecule has 0 saturated heterocycles. The van der Waals surface area contributed by atoms with Gasteiger partial charge in [0.2, 0.25) is 11.8 Å². The van der Waals surface area contributed by atoms with Gasteiger partial charge in [-0.25, -0.2) is 14.4 Å². The summed E-state index contributed by atoms with van der Waals surface area (Å²) >= 11 is 0.870. The van der Waals surface area contributed by atoms with Gasteiger partial charge in [-0.3, -0.25) is 0 Å². The predicted molar refractivity (Wildman–Crippen MR) is 80.7 cm³/mol. The summed E-state index contributed by atoms with van der Waals surface area (Å²) in [5.41, 5.74) is 4.76. The van der Waals surface area contributed by atoms with E-state index in [1.807, 2.05) is 0 Å². The van der Waals surface area contributed by atoms with Crippen molar-refractivity contribution in [1.82, 2.24) is 20.2 Å². The summed E-state index contributed by atoms with van der Waals surface area (Å²) in [6.45, 7) is 0. The van der Waals surface area contributed by atoms with E-state index in [-0.39, 0.29) is 28.5 Å². The van der Waals surface area contributed by atoms with Gasteiger partial charge in [0.15, 0.2) is 10.9 Å². The molecule has 130 valence electrons. The minimum atomic E-state index is -4.62. The Bertz CT molecular complexity index is 882. The third kappa shape index (κ3) is 4.24. The number of aromatic nitrogens is 4. The zero-order valence-electron chi connectivity index (χ0n) is 12.3. The Kier molecular flexibility index (Phi) is 4.57. The van der Waals surface area contributed by atoms with E-state index in [0.717, 1.165) is 11.8 Å². The van der Waals surface area contributed by atoms with Gasteiger partial charge in [0.05, 0.1) is 5.75 Å². The molecule has 0 aliphatic heterocycles. The molecular formula is C14H9F4N5OS. The fourth-order valence-corrected chi connectivity index (χ4v) is 2.50. The molecule has 0 radical (unpaired) electrons. The number of anilines is 1. The number of halogens is 4. The zero-order valence-corrected chi connectivity index (χ0v) is 13.1. The highest BCUT2D eigenvalue weighted by Crippen LogP contribution is 2.30. The van der Waals surface area contributed by atoms with E-state index in [0.29, 0.717) is 11.6 Å². The van der Waals surface area contributed by atoms with E-state index in [1.165, 1.54) is 24.3 Å². The lowest BCUT2D eigenvalue weighted by molar-refractivity contribution is -0.141. The van der Waals surface area contributed by atoms with E-state index in [2.05, 4.69) is 20.2 Å². The first-order valence-electron chi connectivity index (χ1n) is 6.74. The molecular weight excluding hydrogens is 362 g/mol. The number of benzene rings is 1. The largest absolute Gasteiger partial charge is 0.433 e. The van der Waals surface area contributed by atoms with Gasteiger partial charge in [0.1, 0.15) is 11.6 Å². The predicted octanol–water partition coefficient (Wildman–Crippen LogP) is 3.56. The van der Waals surface area contributed by atoms with Crippen molar-refractivity contribution in [3.63, 3.8) is 0 Å². The second-order valence-electron chi connectivity index (χ2n) is 4.75. The molecule has 3 rings (SSSR count). The summed E-state index contributed by atoms with van der Waals surface area (Å²) < 4.78 is 56.4. The molecule has 0 amide bonds. The molecule has 0 spiro atoms. The molecule has 0 unspecified atom stereocenters. The van der Waals surface area contributed by atoms with Crippen LogP contribution < -0.4 is 5.73 Å². The fourth-order valence-electron chi connectivity index (χ4n) is 1.80. The molecule has 0 atom stereocenters. The Balaban J connectivity index is 1.72. The zero-order chi connectivity index (χ0) is 18.0. The fraction of sp³-hybridized carbons (Fsp3) is 0.143. The summed E-state index contributed by atoms with van der Waals surface area (Å²) in [7, 11) is 0. The highest BCUT2D eigenvalue weighted by Gasteiger charge is 2.33. The molecule has 2 heterocycles. The number of hydrogen-bond donors (Lipinski definition) is 1. The van der Waals surface area contributed by atoms with Crippen molar-refractivity contribution in [2.24, 2.45) is 0 Å². The van der Waals surface area contributed by atoms with E-state index in [9.17, 15) is 17.6 Å². The SMILES string of the molecule is Nc1cc(C(F)(F)F)nc(SCc2nnc(-c3ccc(F)cc3)o2)n1. The summed E-state index contributed by atoms with van der Waals surface area (Å²) in [5, 5.41) is 7.43. The Morgan fingerprint density at radius 3 is 2.48 bits per heavy atom. The van der Waals surface area contributed by atoms with Crippen LogP contribution in [-0.2, 0) is 11.9 Å². The molecule has 11 heteroatoms. The van der Waals surface area contributed by atoms with E-state index >= 15 is 0 Å². The molecule has 3 aromatic rings. The third-order valence-corrected chi connectivity index (χ3v) is 3.73. The number of hydrogen-bond acceptors (Lipinski definition) is 7. The van der Waals surface area contributed by atoms with Gasteiger partial charge in [0.25, 0.3) is 0 Å². The maximum absolute atomic E-state index is 12.9. The van der Waals surface area contributed by atoms with Crippen LogP contribution in [0.1, 0.15) is 11.6 Å². The topological polar surface area (TPSA) is 90.7 Å². The van der Waals surface area contributed by atoms with Gasteiger partial charge in [-0.05, 0) is 24.3 Å². The van der Waals surface area contributed by atoms with Crippen molar-refractivity contribution in [2.75, 3.05) is 5.73 Å². The normalized spacial score (nSPS) is 11.7. The minimum absolute atomic E-state index is 0.0505. The Morgan fingerprint density at radius 1 is 1.08 bits per heavy atom. The molecule has 0 bridgehead atoms. The first kappa shape index (κ1) is 17.1. The van der Waals surface area contributed by atoms with Crippen LogP contribution >= 0.6 is 11.8 Å². The second-order valence-corrected chi connectivity index (χ2v) is 5.70. The summed E-state index contributed by atoms with van der Waals surface area (Å²) in [6, 6.07) is 6.08. The minimum Gasteiger partial charge on any atom is -0.420 e. The third-order valence-electron chi connectivity index (χ3n) is 2.90. The molecule has 0 saturated carbocycles. The van der Waals surface area contributed by atoms with Gasteiger partial charge in [0, 0.05) is 11.6 Å². The van der Waals surface area contributed by atoms with Gasteiger partial charge < -0.3 is 10.2 Å². The second kappa shape index (κ2) is 6.67. The first-order chi connectivity index (χ1) is 11.8. The molecule has 0 aliphatic rings. The van der Waals surface area contributed by atoms with E-state index in [1.54, 1.807) is 0 Å². The van der Waals surface area contributed by atoms with Crippen LogP contribution in [-0.4, -0.2) is 20.2 Å². The first-order valence-corrected chi connectivity index (χ1v) is 7.73. The molecule has 1 aromatic carbocycles. The Morgan fingerprint density at radius 2 is 1.80 bits per heavy atom. The number of alkyl halides is 3. The quantitative estimate of drug-likeness (QED) is 0.426. The van der Waals surface area contributed by atoms with Crippen LogP contribution in [0, 0.1) is 5.82 Å². The van der Waals surface area contributed by atoms with Crippen LogP contribution in [0.25, 0.3) is 11.5 Å². The van der Waals surface area contributed by atoms with Gasteiger partial charge in [-0.15, -0.1) is 10.2 Å². The monoisotopic (exact) mass is 371 g/mol. The van der Waals surface area contributed by atoms with Crippen molar-refractivity contribution in [2.45, 2.75) is 17.1 Å². The van der Waals surface area contributed by atoms with E-state index < -0.39 is 17.7 Å². The van der Waals surface area contributed by atoms with Crippen LogP contribution in [0.5, 0.6) is 0 Å². The van der Waals surface area contributed by atoms with Crippen molar-refractivity contribution in [3.05, 3.63) is 47.7 Å². The number of nitrogens with zero attached hydrogens (tertiary/aromatic N) is 4. The molecule has 6 nitrogen and oxygen atoms in total. The maximum atomic E-state index is 12.9. The van der Waals surface area contributed by atoms with Crippen molar-refractivity contribution in [3.8, 4) is 11.5 Å². The van der Waals surface area contributed by atoms with Crippen LogP contribution in [0.4, 0.5) is 23.4 Å². The average molecular weight is 371 g/mol. The smallest absolute Gasteiger partial charge is 0.420 e. The lowest BCUT2D eigenvalue weighted by Crippen LogP contribution is -2.10. The van der Waals surface area contributed by atoms with Crippen molar-refractivity contribution in [1.29, 1.82) is 0 Å². The molecule has 0 fully saturated rings. The Labute approximate surface area is 142 Å². The van der Waals surface area contributed by atoms with Crippen LogP contribution in [0.3, 0.4) is 0 Å². The maximum Gasteiger partial charge on any atom is 0.433 e. The summed E-state index contributed by atoms with van der Waals surface area (Å²) in [5.74, 6) is -0.320. The Hall–Kier alpha value is -2.69. The number of rotatable bonds is 4. The molecule has 0 aliphatic carbocycles. The summed E-state index contributed by atoms with van der Waals surface area (Å²) in [4.78, 5) is 7.15. The molecule has 2 aromatic heterocycles. The lowest BCUT2D eigenvalue weighted by atomic mass is 10.2.